The third-order valence-corrected chi connectivity index (χ3v) is 4.93. The fourth-order valence-electron chi connectivity index (χ4n) is 2.78. The summed E-state index contributed by atoms with van der Waals surface area (Å²) in [5.74, 6) is 0.00316. The summed E-state index contributed by atoms with van der Waals surface area (Å²) in [7, 11) is 3.19. The number of halogens is 2. The molecule has 0 radical (unpaired) electrons. The molecule has 0 bridgehead atoms. The highest BCUT2D eigenvalue weighted by Crippen LogP contribution is 2.26. The van der Waals surface area contributed by atoms with Gasteiger partial charge in [-0.3, -0.25) is 9.69 Å². The van der Waals surface area contributed by atoms with E-state index in [1.807, 2.05) is 24.1 Å². The van der Waals surface area contributed by atoms with E-state index in [9.17, 15) is 9.59 Å². The fourth-order valence-corrected chi connectivity index (χ4v) is 3.16. The van der Waals surface area contributed by atoms with Gasteiger partial charge in [0.05, 0.1) is 40.2 Å². The van der Waals surface area contributed by atoms with Gasteiger partial charge in [0, 0.05) is 6.54 Å². The lowest BCUT2D eigenvalue weighted by atomic mass is 10.1. The SMILES string of the molecule is COC(=O)c1ccc2c(=O)[nH]c(CN(C)Cc3cccc(Cl)c3Cl)nc2c1. The van der Waals surface area contributed by atoms with Crippen molar-refractivity contribution in [2.24, 2.45) is 0 Å². The molecule has 2 aromatic carbocycles. The van der Waals surface area contributed by atoms with Crippen molar-refractivity contribution in [2.75, 3.05) is 14.2 Å². The minimum atomic E-state index is -0.478. The fraction of sp³-hybridized carbons (Fsp3) is 0.211. The maximum Gasteiger partial charge on any atom is 0.337 e. The number of aromatic nitrogens is 2. The van der Waals surface area contributed by atoms with Crippen LogP contribution in [-0.4, -0.2) is 35.0 Å². The second-order valence-corrected chi connectivity index (χ2v) is 6.91. The van der Waals surface area contributed by atoms with Crippen molar-refractivity contribution in [1.29, 1.82) is 0 Å². The monoisotopic (exact) mass is 405 g/mol. The van der Waals surface area contributed by atoms with Crippen LogP contribution in [0.1, 0.15) is 21.7 Å². The van der Waals surface area contributed by atoms with Crippen LogP contribution in [-0.2, 0) is 17.8 Å². The molecule has 6 nitrogen and oxygen atoms in total. The zero-order valence-electron chi connectivity index (χ0n) is 14.8. The first-order valence-corrected chi connectivity index (χ1v) is 8.87. The first kappa shape index (κ1) is 19.4. The Balaban J connectivity index is 1.86. The number of hydrogen-bond donors (Lipinski definition) is 1. The summed E-state index contributed by atoms with van der Waals surface area (Å²) in [6.45, 7) is 0.916. The Hall–Kier alpha value is -2.41. The number of hydrogen-bond acceptors (Lipinski definition) is 5. The van der Waals surface area contributed by atoms with Gasteiger partial charge < -0.3 is 9.72 Å². The molecule has 3 aromatic rings. The highest BCUT2D eigenvalue weighted by atomic mass is 35.5. The number of H-pyrrole nitrogens is 1. The molecule has 0 fully saturated rings. The number of nitrogens with zero attached hydrogens (tertiary/aromatic N) is 2. The third kappa shape index (κ3) is 4.30. The highest BCUT2D eigenvalue weighted by Gasteiger charge is 2.12. The van der Waals surface area contributed by atoms with Gasteiger partial charge in [-0.05, 0) is 36.9 Å². The van der Waals surface area contributed by atoms with Gasteiger partial charge in [0.1, 0.15) is 5.82 Å². The standard InChI is InChI=1S/C19H17Cl2N3O3/c1-24(9-12-4-3-5-14(20)17(12)21)10-16-22-15-8-11(19(26)27-2)6-7-13(15)18(25)23-16/h3-8H,9-10H2,1-2H3,(H,22,23,25). The average molecular weight is 406 g/mol. The summed E-state index contributed by atoms with van der Waals surface area (Å²) in [6, 6.07) is 10.1. The van der Waals surface area contributed by atoms with E-state index in [0.717, 1.165) is 5.56 Å². The number of nitrogens with one attached hydrogen (secondary N) is 1. The first-order valence-electron chi connectivity index (χ1n) is 8.11. The van der Waals surface area contributed by atoms with E-state index < -0.39 is 5.97 Å². The van der Waals surface area contributed by atoms with E-state index in [1.54, 1.807) is 18.2 Å². The predicted octanol–water partition coefficient (Wildman–Crippen LogP) is 3.65. The van der Waals surface area contributed by atoms with E-state index in [2.05, 4.69) is 9.97 Å². The molecule has 0 saturated carbocycles. The number of carbonyl (C=O) groups is 1. The van der Waals surface area contributed by atoms with Gasteiger partial charge in [0.2, 0.25) is 0 Å². The number of benzene rings is 2. The normalized spacial score (nSPS) is 11.1. The quantitative estimate of drug-likeness (QED) is 0.655. The maximum absolute atomic E-state index is 12.3. The molecular weight excluding hydrogens is 389 g/mol. The molecule has 1 N–H and O–H groups in total. The topological polar surface area (TPSA) is 75.3 Å². The molecule has 140 valence electrons. The molecule has 1 aromatic heterocycles. The number of methoxy groups -OCH3 is 1. The van der Waals surface area contributed by atoms with Crippen molar-refractivity contribution in [2.45, 2.75) is 13.1 Å². The van der Waals surface area contributed by atoms with Crippen molar-refractivity contribution >= 4 is 40.1 Å². The van der Waals surface area contributed by atoms with Crippen LogP contribution >= 0.6 is 23.2 Å². The van der Waals surface area contributed by atoms with Gasteiger partial charge in [0.25, 0.3) is 5.56 Å². The average Bonchev–Trinajstić information content (AvgIpc) is 2.64. The van der Waals surface area contributed by atoms with Crippen LogP contribution in [0.5, 0.6) is 0 Å². The van der Waals surface area contributed by atoms with Gasteiger partial charge >= 0.3 is 5.97 Å². The van der Waals surface area contributed by atoms with Crippen molar-refractivity contribution < 1.29 is 9.53 Å². The minimum Gasteiger partial charge on any atom is -0.465 e. The Kier molecular flexibility index (Phi) is 5.79. The summed E-state index contributed by atoms with van der Waals surface area (Å²) in [6.07, 6.45) is 0. The van der Waals surface area contributed by atoms with Crippen LogP contribution in [0.3, 0.4) is 0 Å². The number of carbonyl (C=O) groups excluding carboxylic acids is 1. The molecular formula is C19H17Cl2N3O3. The first-order chi connectivity index (χ1) is 12.9. The third-order valence-electron chi connectivity index (χ3n) is 4.07. The number of ether oxygens (including phenoxy) is 1. The Morgan fingerprint density at radius 3 is 2.74 bits per heavy atom. The van der Waals surface area contributed by atoms with Crippen LogP contribution < -0.4 is 5.56 Å². The zero-order valence-corrected chi connectivity index (χ0v) is 16.3. The van der Waals surface area contributed by atoms with Crippen LogP contribution in [0.15, 0.2) is 41.2 Å². The molecule has 0 unspecified atom stereocenters. The van der Waals surface area contributed by atoms with Crippen molar-refractivity contribution in [3.8, 4) is 0 Å². The van der Waals surface area contributed by atoms with E-state index in [-0.39, 0.29) is 5.56 Å². The van der Waals surface area contributed by atoms with Gasteiger partial charge in [0.15, 0.2) is 0 Å². The van der Waals surface area contributed by atoms with Gasteiger partial charge in [-0.2, -0.15) is 0 Å². The molecule has 0 aliphatic rings. The van der Waals surface area contributed by atoms with Crippen LogP contribution in [0.4, 0.5) is 0 Å². The van der Waals surface area contributed by atoms with Gasteiger partial charge in [-0.15, -0.1) is 0 Å². The van der Waals surface area contributed by atoms with Gasteiger partial charge in [-0.1, -0.05) is 35.3 Å². The lowest BCUT2D eigenvalue weighted by molar-refractivity contribution is 0.0601. The lowest BCUT2D eigenvalue weighted by Gasteiger charge is -2.17. The summed E-state index contributed by atoms with van der Waals surface area (Å²) in [5.41, 5.74) is 1.39. The molecule has 0 atom stereocenters. The largest absolute Gasteiger partial charge is 0.465 e. The van der Waals surface area contributed by atoms with Crippen molar-refractivity contribution in [3.05, 3.63) is 73.7 Å². The number of fused-ring (bicyclic) bond motifs is 1. The second kappa shape index (κ2) is 8.08. The number of rotatable bonds is 5. The molecule has 0 spiro atoms. The molecule has 0 amide bonds. The molecule has 8 heteroatoms. The second-order valence-electron chi connectivity index (χ2n) is 6.12. The lowest BCUT2D eigenvalue weighted by Crippen LogP contribution is -2.22. The number of aromatic amines is 1. The minimum absolute atomic E-state index is 0.263. The Labute approximate surface area is 165 Å². The maximum atomic E-state index is 12.3. The number of esters is 1. The van der Waals surface area contributed by atoms with E-state index in [4.69, 9.17) is 27.9 Å². The molecule has 27 heavy (non-hydrogen) atoms. The summed E-state index contributed by atoms with van der Waals surface area (Å²) in [4.78, 5) is 33.2. The van der Waals surface area contributed by atoms with E-state index >= 15 is 0 Å². The summed E-state index contributed by atoms with van der Waals surface area (Å²) >= 11 is 12.3. The molecule has 0 aliphatic carbocycles. The molecule has 0 aliphatic heterocycles. The Bertz CT molecular complexity index is 1070. The molecule has 1 heterocycles. The van der Waals surface area contributed by atoms with Crippen LogP contribution in [0, 0.1) is 0 Å². The van der Waals surface area contributed by atoms with E-state index in [1.165, 1.54) is 13.2 Å². The Morgan fingerprint density at radius 2 is 2.00 bits per heavy atom. The summed E-state index contributed by atoms with van der Waals surface area (Å²) in [5, 5.41) is 1.41. The zero-order chi connectivity index (χ0) is 19.6. The van der Waals surface area contributed by atoms with E-state index in [0.29, 0.717) is 45.4 Å². The Morgan fingerprint density at radius 1 is 1.22 bits per heavy atom. The van der Waals surface area contributed by atoms with Crippen molar-refractivity contribution in [3.63, 3.8) is 0 Å². The summed E-state index contributed by atoms with van der Waals surface area (Å²) < 4.78 is 4.71. The molecule has 0 saturated heterocycles. The van der Waals surface area contributed by atoms with Crippen molar-refractivity contribution in [1.82, 2.24) is 14.9 Å². The molecule has 3 rings (SSSR count). The smallest absolute Gasteiger partial charge is 0.337 e. The van der Waals surface area contributed by atoms with Gasteiger partial charge in [-0.25, -0.2) is 9.78 Å². The van der Waals surface area contributed by atoms with Crippen LogP contribution in [0.2, 0.25) is 10.0 Å². The predicted molar refractivity (Wildman–Crippen MR) is 105 cm³/mol. The van der Waals surface area contributed by atoms with Crippen LogP contribution in [0.25, 0.3) is 10.9 Å². The highest BCUT2D eigenvalue weighted by molar-refractivity contribution is 6.42.